The van der Waals surface area contributed by atoms with Crippen LogP contribution in [0.5, 0.6) is 0 Å². The number of nitrogens with zero attached hydrogens (tertiary/aromatic N) is 2. The number of imidazole rings is 1. The lowest BCUT2D eigenvalue weighted by molar-refractivity contribution is -0.137. The van der Waals surface area contributed by atoms with Crippen LogP contribution in [0.1, 0.15) is 11.3 Å². The van der Waals surface area contributed by atoms with E-state index in [1.54, 1.807) is 12.1 Å². The summed E-state index contributed by atoms with van der Waals surface area (Å²) in [5, 5.41) is 9.51. The summed E-state index contributed by atoms with van der Waals surface area (Å²) in [6.07, 6.45) is -3.14. The lowest BCUT2D eigenvalue weighted by Crippen LogP contribution is -2.05. The van der Waals surface area contributed by atoms with Gasteiger partial charge in [0.2, 0.25) is 0 Å². The van der Waals surface area contributed by atoms with Gasteiger partial charge in [0, 0.05) is 11.8 Å². The van der Waals surface area contributed by atoms with E-state index in [4.69, 9.17) is 0 Å². The zero-order valence-electron chi connectivity index (χ0n) is 10.8. The first-order valence-electron chi connectivity index (χ1n) is 6.25. The number of hydrogen-bond acceptors (Lipinski definition) is 2. The van der Waals surface area contributed by atoms with Crippen molar-refractivity contribution in [2.24, 2.45) is 0 Å². The van der Waals surface area contributed by atoms with Crippen LogP contribution in [0.25, 0.3) is 16.9 Å². The molecule has 3 nitrogen and oxygen atoms in total. The van der Waals surface area contributed by atoms with Crippen molar-refractivity contribution in [2.45, 2.75) is 12.8 Å². The smallest absolute Gasteiger partial charge is 0.390 e. The Kier molecular flexibility index (Phi) is 3.17. The van der Waals surface area contributed by atoms with Crippen LogP contribution in [0.15, 0.2) is 48.7 Å². The molecule has 0 spiro atoms. The standard InChI is InChI=1S/C15H11F3N2O/c16-15(17,18)11-6-7-20-12(9-21)14(19-13(20)8-11)10-4-2-1-3-5-10/h1-8,21H,9H2. The van der Waals surface area contributed by atoms with Crippen molar-refractivity contribution >= 4 is 5.65 Å². The number of hydrogen-bond donors (Lipinski definition) is 1. The van der Waals surface area contributed by atoms with Crippen molar-refractivity contribution in [1.82, 2.24) is 9.38 Å². The van der Waals surface area contributed by atoms with Crippen LogP contribution in [-0.4, -0.2) is 14.5 Å². The van der Waals surface area contributed by atoms with Gasteiger partial charge in [-0.25, -0.2) is 4.98 Å². The molecule has 0 aliphatic heterocycles. The average molecular weight is 292 g/mol. The molecule has 0 atom stereocenters. The third-order valence-electron chi connectivity index (χ3n) is 3.25. The summed E-state index contributed by atoms with van der Waals surface area (Å²) in [4.78, 5) is 4.23. The number of pyridine rings is 1. The summed E-state index contributed by atoms with van der Waals surface area (Å²) >= 11 is 0. The van der Waals surface area contributed by atoms with Crippen LogP contribution in [-0.2, 0) is 12.8 Å². The fourth-order valence-electron chi connectivity index (χ4n) is 2.25. The zero-order valence-corrected chi connectivity index (χ0v) is 10.8. The molecule has 0 aliphatic carbocycles. The summed E-state index contributed by atoms with van der Waals surface area (Å²) in [6.45, 7) is -0.309. The molecule has 0 amide bonds. The van der Waals surface area contributed by atoms with Crippen LogP contribution in [0.3, 0.4) is 0 Å². The normalized spacial score (nSPS) is 12.0. The summed E-state index contributed by atoms with van der Waals surface area (Å²) in [5.74, 6) is 0. The first kappa shape index (κ1) is 13.6. The number of aromatic nitrogens is 2. The van der Waals surface area contributed by atoms with E-state index in [-0.39, 0.29) is 12.3 Å². The molecule has 0 saturated heterocycles. The van der Waals surface area contributed by atoms with Crippen molar-refractivity contribution in [1.29, 1.82) is 0 Å². The predicted molar refractivity (Wildman–Crippen MR) is 71.6 cm³/mol. The average Bonchev–Trinajstić information content (AvgIpc) is 2.84. The van der Waals surface area contributed by atoms with Crippen molar-refractivity contribution in [3.05, 3.63) is 59.9 Å². The third kappa shape index (κ3) is 2.38. The van der Waals surface area contributed by atoms with Crippen LogP contribution in [0.4, 0.5) is 13.2 Å². The molecule has 1 aromatic carbocycles. The quantitative estimate of drug-likeness (QED) is 0.785. The van der Waals surface area contributed by atoms with Gasteiger partial charge in [-0.05, 0) is 12.1 Å². The second kappa shape index (κ2) is 4.89. The minimum atomic E-state index is -4.42. The fourth-order valence-corrected chi connectivity index (χ4v) is 2.25. The Morgan fingerprint density at radius 1 is 1.10 bits per heavy atom. The van der Waals surface area contributed by atoms with Gasteiger partial charge in [0.25, 0.3) is 0 Å². The van der Waals surface area contributed by atoms with Gasteiger partial charge in [-0.3, -0.25) is 0 Å². The molecular weight excluding hydrogens is 281 g/mol. The van der Waals surface area contributed by atoms with Crippen molar-refractivity contribution in [3.63, 3.8) is 0 Å². The van der Waals surface area contributed by atoms with Gasteiger partial charge < -0.3 is 9.51 Å². The van der Waals surface area contributed by atoms with E-state index in [0.29, 0.717) is 11.4 Å². The molecule has 0 aliphatic rings. The minimum absolute atomic E-state index is 0.160. The maximum absolute atomic E-state index is 12.7. The monoisotopic (exact) mass is 292 g/mol. The molecule has 2 aromatic heterocycles. The van der Waals surface area contributed by atoms with Crippen molar-refractivity contribution in [3.8, 4) is 11.3 Å². The Balaban J connectivity index is 2.23. The molecule has 0 bridgehead atoms. The van der Waals surface area contributed by atoms with E-state index >= 15 is 0 Å². The summed E-state index contributed by atoms with van der Waals surface area (Å²) < 4.78 is 39.7. The van der Waals surface area contributed by atoms with Gasteiger partial charge in [0.1, 0.15) is 5.65 Å². The Bertz CT molecular complexity index is 779. The first-order chi connectivity index (χ1) is 10.0. The van der Waals surface area contributed by atoms with Gasteiger partial charge in [0.05, 0.1) is 23.6 Å². The lowest BCUT2D eigenvalue weighted by atomic mass is 10.1. The second-order valence-corrected chi connectivity index (χ2v) is 4.57. The Morgan fingerprint density at radius 2 is 1.81 bits per heavy atom. The van der Waals surface area contributed by atoms with Gasteiger partial charge in [-0.15, -0.1) is 0 Å². The maximum Gasteiger partial charge on any atom is 0.416 e. The number of alkyl halides is 3. The summed E-state index contributed by atoms with van der Waals surface area (Å²) in [5.41, 5.74) is 1.10. The van der Waals surface area contributed by atoms with Crippen LogP contribution in [0.2, 0.25) is 0 Å². The molecule has 0 radical (unpaired) electrons. The van der Waals surface area contributed by atoms with E-state index in [1.165, 1.54) is 10.6 Å². The number of fused-ring (bicyclic) bond motifs is 1. The SMILES string of the molecule is OCc1c(-c2ccccc2)nc2cc(C(F)(F)F)ccn12. The van der Waals surface area contributed by atoms with E-state index < -0.39 is 11.7 Å². The van der Waals surface area contributed by atoms with E-state index in [9.17, 15) is 18.3 Å². The molecule has 0 unspecified atom stereocenters. The molecule has 0 fully saturated rings. The Labute approximate surface area is 118 Å². The Hall–Kier alpha value is -2.34. The number of benzene rings is 1. The third-order valence-corrected chi connectivity index (χ3v) is 3.25. The summed E-state index contributed by atoms with van der Waals surface area (Å²) in [6, 6.07) is 11.0. The van der Waals surface area contributed by atoms with E-state index in [0.717, 1.165) is 17.7 Å². The molecule has 21 heavy (non-hydrogen) atoms. The van der Waals surface area contributed by atoms with Crippen molar-refractivity contribution in [2.75, 3.05) is 0 Å². The molecule has 2 heterocycles. The van der Waals surface area contributed by atoms with Crippen LogP contribution >= 0.6 is 0 Å². The Morgan fingerprint density at radius 3 is 2.43 bits per heavy atom. The van der Waals surface area contributed by atoms with Crippen molar-refractivity contribution < 1.29 is 18.3 Å². The van der Waals surface area contributed by atoms with Gasteiger partial charge in [-0.2, -0.15) is 13.2 Å². The highest BCUT2D eigenvalue weighted by molar-refractivity contribution is 5.66. The molecule has 6 heteroatoms. The summed E-state index contributed by atoms with van der Waals surface area (Å²) in [7, 11) is 0. The molecule has 3 aromatic rings. The van der Waals surface area contributed by atoms with Gasteiger partial charge in [0.15, 0.2) is 0 Å². The fraction of sp³-hybridized carbons (Fsp3) is 0.133. The predicted octanol–water partition coefficient (Wildman–Crippen LogP) is 3.51. The second-order valence-electron chi connectivity index (χ2n) is 4.57. The number of halogens is 3. The highest BCUT2D eigenvalue weighted by Crippen LogP contribution is 2.31. The molecule has 3 rings (SSSR count). The maximum atomic E-state index is 12.7. The van der Waals surface area contributed by atoms with Crippen LogP contribution < -0.4 is 0 Å². The topological polar surface area (TPSA) is 37.5 Å². The largest absolute Gasteiger partial charge is 0.416 e. The van der Waals surface area contributed by atoms with Crippen LogP contribution in [0, 0.1) is 0 Å². The van der Waals surface area contributed by atoms with E-state index in [2.05, 4.69) is 4.98 Å². The number of rotatable bonds is 2. The number of aliphatic hydroxyl groups excluding tert-OH is 1. The molecular formula is C15H11F3N2O. The highest BCUT2D eigenvalue weighted by atomic mass is 19.4. The molecule has 108 valence electrons. The van der Waals surface area contributed by atoms with Gasteiger partial charge in [-0.1, -0.05) is 30.3 Å². The minimum Gasteiger partial charge on any atom is -0.390 e. The van der Waals surface area contributed by atoms with E-state index in [1.807, 2.05) is 18.2 Å². The number of aliphatic hydroxyl groups is 1. The first-order valence-corrected chi connectivity index (χ1v) is 6.25. The lowest BCUT2D eigenvalue weighted by Gasteiger charge is -2.06. The molecule has 1 N–H and O–H groups in total. The zero-order chi connectivity index (χ0) is 15.0. The molecule has 0 saturated carbocycles. The highest BCUT2D eigenvalue weighted by Gasteiger charge is 2.31. The van der Waals surface area contributed by atoms with Gasteiger partial charge >= 0.3 is 6.18 Å².